The molecular weight excluding hydrogens is 706 g/mol. The molecule has 3 saturated heterocycles. The van der Waals surface area contributed by atoms with E-state index in [0.29, 0.717) is 38.1 Å². The van der Waals surface area contributed by atoms with Gasteiger partial charge < -0.3 is 108 Å². The maximum Gasteiger partial charge on any atom is 0.215 e. The van der Waals surface area contributed by atoms with Gasteiger partial charge in [-0.05, 0) is 44.8 Å². The fourth-order valence-corrected chi connectivity index (χ4v) is 7.46. The summed E-state index contributed by atoms with van der Waals surface area (Å²) in [6.45, 7) is 0.400. The zero-order chi connectivity index (χ0) is 38.4. The highest BCUT2D eigenvalue weighted by Crippen LogP contribution is 2.34. The molecule has 1 aliphatic carbocycles. The fourth-order valence-electron chi connectivity index (χ4n) is 7.46. The van der Waals surface area contributed by atoms with Gasteiger partial charge in [0.05, 0.1) is 56.2 Å². The van der Waals surface area contributed by atoms with E-state index in [4.69, 9.17) is 51.4 Å². The first-order chi connectivity index (χ1) is 25.3. The Bertz CT molecular complexity index is 1160. The molecule has 0 spiro atoms. The molecule has 5 rings (SSSR count). The molecule has 0 bridgehead atoms. The highest BCUT2D eigenvalue weighted by molar-refractivity contribution is 5.06. The first kappa shape index (κ1) is 42.9. The summed E-state index contributed by atoms with van der Waals surface area (Å²) < 4.78 is 36.1. The van der Waals surface area contributed by atoms with Gasteiger partial charge in [0.1, 0.15) is 54.6 Å². The number of ether oxygens (including phenoxy) is 6. The quantitative estimate of drug-likeness (QED) is 0.0693. The van der Waals surface area contributed by atoms with Crippen LogP contribution >= 0.6 is 0 Å². The molecule has 4 fully saturated rings. The molecule has 21 nitrogen and oxygen atoms in total. The van der Waals surface area contributed by atoms with Crippen LogP contribution in [0, 0.1) is 0 Å². The van der Waals surface area contributed by atoms with Gasteiger partial charge in [0.25, 0.3) is 0 Å². The van der Waals surface area contributed by atoms with E-state index >= 15 is 0 Å². The number of hydrogen-bond acceptors (Lipinski definition) is 21. The summed E-state index contributed by atoms with van der Waals surface area (Å²) in [5.74, 6) is 0.530. The molecule has 16 unspecified atom stereocenters. The minimum atomic E-state index is -1.62. The first-order valence-corrected chi connectivity index (χ1v) is 18.4. The van der Waals surface area contributed by atoms with E-state index in [-0.39, 0.29) is 13.0 Å². The van der Waals surface area contributed by atoms with E-state index in [1.54, 1.807) is 0 Å². The van der Waals surface area contributed by atoms with Crippen LogP contribution in [0.3, 0.4) is 0 Å². The van der Waals surface area contributed by atoms with Gasteiger partial charge in [-0.25, -0.2) is 0 Å². The summed E-state index contributed by atoms with van der Waals surface area (Å²) in [5.41, 5.74) is 24.0. The van der Waals surface area contributed by atoms with Crippen molar-refractivity contribution in [3.05, 3.63) is 11.8 Å². The van der Waals surface area contributed by atoms with Crippen LogP contribution in [0.1, 0.15) is 25.7 Å². The van der Waals surface area contributed by atoms with E-state index in [2.05, 4.69) is 16.0 Å². The lowest BCUT2D eigenvalue weighted by Gasteiger charge is -2.46. The Labute approximate surface area is 307 Å². The number of rotatable bonds is 16. The van der Waals surface area contributed by atoms with Crippen molar-refractivity contribution >= 4 is 0 Å². The van der Waals surface area contributed by atoms with E-state index in [1.165, 1.54) is 0 Å². The minimum Gasteiger partial charge on any atom is -0.467 e. The summed E-state index contributed by atoms with van der Waals surface area (Å²) in [6.07, 6.45) is -12.3. The second kappa shape index (κ2) is 19.3. The summed E-state index contributed by atoms with van der Waals surface area (Å²) >= 11 is 0. The molecule has 0 aromatic heterocycles. The van der Waals surface area contributed by atoms with Crippen LogP contribution in [0.15, 0.2) is 11.8 Å². The summed E-state index contributed by atoms with van der Waals surface area (Å²) in [7, 11) is 0. The molecule has 0 amide bonds. The third kappa shape index (κ3) is 10.2. The minimum absolute atomic E-state index is 0.105. The highest BCUT2D eigenvalue weighted by Gasteiger charge is 2.54. The van der Waals surface area contributed by atoms with E-state index < -0.39 is 129 Å². The van der Waals surface area contributed by atoms with E-state index in [1.807, 2.05) is 6.08 Å². The second-order valence-electron chi connectivity index (χ2n) is 14.7. The van der Waals surface area contributed by atoms with Crippen molar-refractivity contribution in [2.75, 3.05) is 52.5 Å². The average molecular weight is 768 g/mol. The maximum atomic E-state index is 11.7. The first-order valence-electron chi connectivity index (χ1n) is 18.4. The zero-order valence-corrected chi connectivity index (χ0v) is 29.7. The van der Waals surface area contributed by atoms with Crippen LogP contribution in [0.2, 0.25) is 0 Å². The SMILES string of the molecule is NCC1OC(OC2C(CO)OC(OC3C(O)C(NC(CO)CO)CC(N)C3OC3OC(CNCC4(O)CCNCC4)=CCC3N)C2O)C(N)C(O)C1O. The monoisotopic (exact) mass is 767 g/mol. The van der Waals surface area contributed by atoms with Crippen LogP contribution < -0.4 is 38.9 Å². The predicted octanol–water partition coefficient (Wildman–Crippen LogP) is -7.98. The molecule has 21 heteroatoms. The molecule has 1 saturated carbocycles. The third-order valence-corrected chi connectivity index (χ3v) is 10.8. The molecule has 19 N–H and O–H groups in total. The Morgan fingerprint density at radius 3 is 2.15 bits per heavy atom. The Hall–Kier alpha value is -1.26. The molecule has 0 aromatic carbocycles. The summed E-state index contributed by atoms with van der Waals surface area (Å²) in [4.78, 5) is 0. The summed E-state index contributed by atoms with van der Waals surface area (Å²) in [6, 6.07) is -4.36. The molecule has 5 aliphatic rings. The molecular formula is C32H61N7O14. The average Bonchev–Trinajstić information content (AvgIpc) is 3.44. The lowest BCUT2D eigenvalue weighted by molar-refractivity contribution is -0.282. The van der Waals surface area contributed by atoms with Crippen molar-refractivity contribution < 1.29 is 69.3 Å². The highest BCUT2D eigenvalue weighted by atomic mass is 16.8. The van der Waals surface area contributed by atoms with E-state index in [0.717, 1.165) is 13.1 Å². The van der Waals surface area contributed by atoms with Crippen LogP contribution in [0.5, 0.6) is 0 Å². The number of aliphatic hydroxyl groups is 8. The van der Waals surface area contributed by atoms with Gasteiger partial charge in [-0.2, -0.15) is 0 Å². The largest absolute Gasteiger partial charge is 0.467 e. The van der Waals surface area contributed by atoms with Crippen molar-refractivity contribution in [2.24, 2.45) is 22.9 Å². The van der Waals surface area contributed by atoms with Crippen LogP contribution in [-0.2, 0) is 28.4 Å². The Kier molecular flexibility index (Phi) is 15.6. The van der Waals surface area contributed by atoms with Gasteiger partial charge in [-0.3, -0.25) is 0 Å². The van der Waals surface area contributed by atoms with Crippen molar-refractivity contribution in [2.45, 2.75) is 135 Å². The Morgan fingerprint density at radius 1 is 0.830 bits per heavy atom. The normalized spacial score (nSPS) is 43.5. The Morgan fingerprint density at radius 2 is 1.49 bits per heavy atom. The molecule has 53 heavy (non-hydrogen) atoms. The van der Waals surface area contributed by atoms with Crippen LogP contribution in [-0.4, -0.2) is 203 Å². The van der Waals surface area contributed by atoms with Crippen molar-refractivity contribution in [3.63, 3.8) is 0 Å². The van der Waals surface area contributed by atoms with Gasteiger partial charge >= 0.3 is 0 Å². The lowest BCUT2D eigenvalue weighted by atomic mass is 9.83. The van der Waals surface area contributed by atoms with Crippen molar-refractivity contribution in [1.82, 2.24) is 16.0 Å². The lowest BCUT2D eigenvalue weighted by Crippen LogP contribution is -2.67. The second-order valence-corrected chi connectivity index (χ2v) is 14.7. The summed E-state index contributed by atoms with van der Waals surface area (Å²) in [5, 5.41) is 93.7. The van der Waals surface area contributed by atoms with Gasteiger partial charge in [0.15, 0.2) is 12.6 Å². The zero-order valence-electron chi connectivity index (χ0n) is 29.7. The van der Waals surface area contributed by atoms with Crippen LogP contribution in [0.4, 0.5) is 0 Å². The smallest absolute Gasteiger partial charge is 0.215 e. The van der Waals surface area contributed by atoms with Crippen LogP contribution in [0.25, 0.3) is 0 Å². The van der Waals surface area contributed by atoms with Crippen molar-refractivity contribution in [1.29, 1.82) is 0 Å². The molecule has 4 aliphatic heterocycles. The molecule has 0 aromatic rings. The van der Waals surface area contributed by atoms with Gasteiger partial charge in [0.2, 0.25) is 6.29 Å². The number of aliphatic hydroxyl groups excluding tert-OH is 7. The van der Waals surface area contributed by atoms with Gasteiger partial charge in [-0.15, -0.1) is 0 Å². The van der Waals surface area contributed by atoms with Gasteiger partial charge in [0, 0.05) is 25.2 Å². The maximum absolute atomic E-state index is 11.7. The molecule has 0 radical (unpaired) electrons. The molecule has 308 valence electrons. The third-order valence-electron chi connectivity index (χ3n) is 10.8. The number of piperidine rings is 1. The Balaban J connectivity index is 1.29. The van der Waals surface area contributed by atoms with Gasteiger partial charge in [-0.1, -0.05) is 0 Å². The van der Waals surface area contributed by atoms with Crippen molar-refractivity contribution in [3.8, 4) is 0 Å². The standard InChI is InChI=1S/C32H61N7O14/c33-8-19-23(44)24(45)21(36)30(49-19)52-27-20(12-42)50-31(25(27)46)53-28-22(43)18(39-14(10-40)11-41)7-17(35)26(28)51-29-16(34)2-1-15(48-29)9-38-13-32(47)3-5-37-6-4-32/h1,14,16-31,37-47H,2-13,33-36H2. The van der Waals surface area contributed by atoms with E-state index in [9.17, 15) is 40.9 Å². The predicted molar refractivity (Wildman–Crippen MR) is 183 cm³/mol. The number of hydrogen-bond donors (Lipinski definition) is 15. The molecule has 16 atom stereocenters. The number of nitrogens with one attached hydrogen (secondary N) is 3. The number of nitrogens with two attached hydrogens (primary N) is 4. The topological polar surface area (TPSA) is 357 Å². The molecule has 4 heterocycles. The fraction of sp³-hybridized carbons (Fsp3) is 0.938.